The molecule has 2 atom stereocenters. The molecule has 2 aromatic carbocycles. The zero-order chi connectivity index (χ0) is 22.3. The van der Waals surface area contributed by atoms with E-state index in [2.05, 4.69) is 45.7 Å². The lowest BCUT2D eigenvalue weighted by Crippen LogP contribution is -2.31. The molecule has 2 fully saturated rings. The Morgan fingerprint density at radius 3 is 2.42 bits per heavy atom. The SMILES string of the molecule is C=C1CC2COC(=O)C2(Cc2ccc(NC(=O)Cc3c(C)c(C)cc(C)c3C)cc2)C1. The number of benzene rings is 2. The second-order valence-electron chi connectivity index (χ2n) is 9.42. The summed E-state index contributed by atoms with van der Waals surface area (Å²) in [6, 6.07) is 10.0. The molecule has 1 aliphatic carbocycles. The molecule has 31 heavy (non-hydrogen) atoms. The van der Waals surface area contributed by atoms with Gasteiger partial charge in [-0.3, -0.25) is 9.59 Å². The molecule has 1 saturated heterocycles. The summed E-state index contributed by atoms with van der Waals surface area (Å²) in [7, 11) is 0. The zero-order valence-corrected chi connectivity index (χ0v) is 18.9. The van der Waals surface area contributed by atoms with Gasteiger partial charge >= 0.3 is 5.97 Å². The predicted molar refractivity (Wildman–Crippen MR) is 123 cm³/mol. The molecule has 1 aliphatic heterocycles. The number of fused-ring (bicyclic) bond motifs is 1. The maximum Gasteiger partial charge on any atom is 0.313 e. The summed E-state index contributed by atoms with van der Waals surface area (Å²) in [6.45, 7) is 12.9. The minimum atomic E-state index is -0.458. The topological polar surface area (TPSA) is 55.4 Å². The van der Waals surface area contributed by atoms with Crippen LogP contribution in [0.15, 0.2) is 42.5 Å². The Kier molecular flexibility index (Phi) is 5.50. The van der Waals surface area contributed by atoms with E-state index in [1.54, 1.807) is 0 Å². The third-order valence-electron chi connectivity index (χ3n) is 7.32. The minimum Gasteiger partial charge on any atom is -0.465 e. The van der Waals surface area contributed by atoms with Gasteiger partial charge in [-0.25, -0.2) is 0 Å². The maximum absolute atomic E-state index is 12.7. The van der Waals surface area contributed by atoms with Crippen LogP contribution in [0.5, 0.6) is 0 Å². The Hall–Kier alpha value is -2.88. The molecule has 0 bridgehead atoms. The summed E-state index contributed by atoms with van der Waals surface area (Å²) in [5, 5.41) is 3.02. The lowest BCUT2D eigenvalue weighted by molar-refractivity contribution is -0.146. The van der Waals surface area contributed by atoms with Crippen molar-refractivity contribution in [1.29, 1.82) is 0 Å². The van der Waals surface area contributed by atoms with Crippen molar-refractivity contribution in [2.45, 2.75) is 53.4 Å². The molecular weight excluding hydrogens is 386 g/mol. The molecule has 4 heteroatoms. The summed E-state index contributed by atoms with van der Waals surface area (Å²) < 4.78 is 5.38. The van der Waals surface area contributed by atoms with E-state index in [0.717, 1.165) is 28.8 Å². The average molecular weight is 418 g/mol. The van der Waals surface area contributed by atoms with Gasteiger partial charge in [0.2, 0.25) is 5.91 Å². The Morgan fingerprint density at radius 2 is 1.77 bits per heavy atom. The van der Waals surface area contributed by atoms with Crippen LogP contribution in [0.25, 0.3) is 0 Å². The molecule has 2 aromatic rings. The fourth-order valence-corrected chi connectivity index (χ4v) is 5.26. The van der Waals surface area contributed by atoms with E-state index in [-0.39, 0.29) is 17.8 Å². The number of ether oxygens (including phenoxy) is 1. The van der Waals surface area contributed by atoms with E-state index in [1.807, 2.05) is 24.3 Å². The molecule has 4 rings (SSSR count). The van der Waals surface area contributed by atoms with Gasteiger partial charge in [-0.15, -0.1) is 0 Å². The van der Waals surface area contributed by atoms with Gasteiger partial charge in [-0.05, 0) is 92.5 Å². The highest BCUT2D eigenvalue weighted by Crippen LogP contribution is 2.52. The number of cyclic esters (lactones) is 1. The van der Waals surface area contributed by atoms with E-state index < -0.39 is 5.41 Å². The second-order valence-corrected chi connectivity index (χ2v) is 9.42. The van der Waals surface area contributed by atoms with Crippen LogP contribution in [-0.2, 0) is 27.2 Å². The first kappa shape index (κ1) is 21.4. The van der Waals surface area contributed by atoms with E-state index in [9.17, 15) is 9.59 Å². The number of hydrogen-bond acceptors (Lipinski definition) is 3. The molecule has 0 spiro atoms. The second kappa shape index (κ2) is 7.99. The van der Waals surface area contributed by atoms with Gasteiger partial charge in [0, 0.05) is 11.6 Å². The predicted octanol–water partition coefficient (Wildman–Crippen LogP) is 5.15. The standard InChI is InChI=1S/C27H31NO3/c1-16-10-22-15-31-26(30)27(22,13-16)14-21-6-8-23(9-7-21)28-25(29)12-24-19(4)17(2)11-18(3)20(24)5/h6-9,11,22H,1,10,12-15H2,2-5H3,(H,28,29). The number of carbonyl (C=O) groups is 2. The van der Waals surface area contributed by atoms with Crippen molar-refractivity contribution in [3.05, 3.63) is 75.9 Å². The van der Waals surface area contributed by atoms with Crippen molar-refractivity contribution in [3.8, 4) is 0 Å². The third-order valence-corrected chi connectivity index (χ3v) is 7.32. The number of esters is 1. The van der Waals surface area contributed by atoms with Gasteiger partial charge in [0.25, 0.3) is 0 Å². The van der Waals surface area contributed by atoms with E-state index >= 15 is 0 Å². The van der Waals surface area contributed by atoms with Gasteiger partial charge in [0.05, 0.1) is 18.4 Å². The summed E-state index contributed by atoms with van der Waals surface area (Å²) in [4.78, 5) is 25.2. The van der Waals surface area contributed by atoms with Crippen molar-refractivity contribution in [2.75, 3.05) is 11.9 Å². The normalized spacial score (nSPS) is 22.4. The number of carbonyl (C=O) groups excluding carboxylic acids is 2. The first-order valence-corrected chi connectivity index (χ1v) is 11.0. The number of allylic oxidation sites excluding steroid dienone is 1. The van der Waals surface area contributed by atoms with Crippen molar-refractivity contribution in [3.63, 3.8) is 0 Å². The maximum atomic E-state index is 12.7. The molecular formula is C27H31NO3. The molecule has 1 amide bonds. The molecule has 1 saturated carbocycles. The number of amides is 1. The first-order valence-electron chi connectivity index (χ1n) is 11.0. The van der Waals surface area contributed by atoms with Crippen molar-refractivity contribution in [2.24, 2.45) is 11.3 Å². The molecule has 1 heterocycles. The van der Waals surface area contributed by atoms with Gasteiger partial charge in [-0.1, -0.05) is 30.4 Å². The van der Waals surface area contributed by atoms with Crippen LogP contribution in [0.1, 0.15) is 46.2 Å². The Morgan fingerprint density at radius 1 is 1.13 bits per heavy atom. The quantitative estimate of drug-likeness (QED) is 0.540. The summed E-state index contributed by atoms with van der Waals surface area (Å²) in [5.74, 6) is 0.123. The molecule has 162 valence electrons. The number of anilines is 1. The van der Waals surface area contributed by atoms with Gasteiger partial charge in [0.15, 0.2) is 0 Å². The van der Waals surface area contributed by atoms with Gasteiger partial charge in [-0.2, -0.15) is 0 Å². The summed E-state index contributed by atoms with van der Waals surface area (Å²) in [6.07, 6.45) is 2.60. The van der Waals surface area contributed by atoms with Crippen LogP contribution >= 0.6 is 0 Å². The summed E-state index contributed by atoms with van der Waals surface area (Å²) in [5.41, 5.74) is 8.44. The Labute approximate surface area is 184 Å². The van der Waals surface area contributed by atoms with Crippen LogP contribution in [0.3, 0.4) is 0 Å². The lowest BCUT2D eigenvalue weighted by atomic mass is 9.75. The average Bonchev–Trinajstić information content (AvgIpc) is 3.19. The van der Waals surface area contributed by atoms with E-state index in [1.165, 1.54) is 22.3 Å². The highest BCUT2D eigenvalue weighted by Gasteiger charge is 2.55. The zero-order valence-electron chi connectivity index (χ0n) is 18.9. The summed E-state index contributed by atoms with van der Waals surface area (Å²) >= 11 is 0. The van der Waals surface area contributed by atoms with Crippen LogP contribution in [0.4, 0.5) is 5.69 Å². The fraction of sp³-hybridized carbons (Fsp3) is 0.407. The van der Waals surface area contributed by atoms with Crippen LogP contribution < -0.4 is 5.32 Å². The van der Waals surface area contributed by atoms with Gasteiger partial charge in [0.1, 0.15) is 0 Å². The molecule has 0 aromatic heterocycles. The highest BCUT2D eigenvalue weighted by atomic mass is 16.5. The van der Waals surface area contributed by atoms with E-state index in [4.69, 9.17) is 4.74 Å². The Bertz CT molecular complexity index is 1040. The molecule has 2 aliphatic rings. The number of rotatable bonds is 5. The number of hydrogen-bond donors (Lipinski definition) is 1. The van der Waals surface area contributed by atoms with Crippen LogP contribution in [-0.4, -0.2) is 18.5 Å². The fourth-order valence-electron chi connectivity index (χ4n) is 5.26. The molecule has 4 nitrogen and oxygen atoms in total. The van der Waals surface area contributed by atoms with Crippen LogP contribution in [0.2, 0.25) is 0 Å². The van der Waals surface area contributed by atoms with Crippen molar-refractivity contribution < 1.29 is 14.3 Å². The minimum absolute atomic E-state index is 0.0194. The highest BCUT2D eigenvalue weighted by molar-refractivity contribution is 5.92. The van der Waals surface area contributed by atoms with E-state index in [0.29, 0.717) is 25.9 Å². The Balaban J connectivity index is 1.44. The third kappa shape index (κ3) is 3.91. The first-order chi connectivity index (χ1) is 14.7. The molecule has 0 radical (unpaired) electrons. The largest absolute Gasteiger partial charge is 0.465 e. The van der Waals surface area contributed by atoms with Gasteiger partial charge < -0.3 is 10.1 Å². The number of nitrogens with one attached hydrogen (secondary N) is 1. The molecule has 1 N–H and O–H groups in total. The number of aryl methyl sites for hydroxylation is 2. The smallest absolute Gasteiger partial charge is 0.313 e. The monoisotopic (exact) mass is 417 g/mol. The van der Waals surface area contributed by atoms with Crippen LogP contribution in [0, 0.1) is 39.0 Å². The van der Waals surface area contributed by atoms with Crippen molar-refractivity contribution >= 4 is 17.6 Å². The van der Waals surface area contributed by atoms with Crippen molar-refractivity contribution in [1.82, 2.24) is 0 Å². The lowest BCUT2D eigenvalue weighted by Gasteiger charge is -2.24. The molecule has 2 unspecified atom stereocenters.